The minimum atomic E-state index is -0.229. The van der Waals surface area contributed by atoms with Crippen LogP contribution in [0.15, 0.2) is 18.2 Å². The van der Waals surface area contributed by atoms with Crippen molar-refractivity contribution in [2.45, 2.75) is 50.2 Å². The number of nitrogens with one attached hydrogen (secondary N) is 1. The summed E-state index contributed by atoms with van der Waals surface area (Å²) in [4.78, 5) is 14.8. The first-order valence-electron chi connectivity index (χ1n) is 7.66. The highest BCUT2D eigenvalue weighted by atomic mass is 16.3. The second-order valence-electron chi connectivity index (χ2n) is 6.29. The van der Waals surface area contributed by atoms with E-state index >= 15 is 0 Å². The molecule has 0 radical (unpaired) electrons. The molecule has 0 aromatic heterocycles. The summed E-state index contributed by atoms with van der Waals surface area (Å²) in [6.07, 6.45) is 5.69. The van der Waals surface area contributed by atoms with Gasteiger partial charge in [0.1, 0.15) is 0 Å². The number of aromatic hydroxyl groups is 1. The van der Waals surface area contributed by atoms with Crippen LogP contribution in [-0.2, 0) is 0 Å². The van der Waals surface area contributed by atoms with Crippen molar-refractivity contribution in [3.05, 3.63) is 23.8 Å². The fourth-order valence-corrected chi connectivity index (χ4v) is 3.74. The normalized spacial score (nSPS) is 29.1. The lowest BCUT2D eigenvalue weighted by atomic mass is 9.82. The molecular formula is C16H23N3O2. The number of piperidine rings is 2. The maximum Gasteiger partial charge on any atom is 0.255 e. The van der Waals surface area contributed by atoms with Crippen LogP contribution < -0.4 is 11.1 Å². The Bertz CT molecular complexity index is 532. The van der Waals surface area contributed by atoms with Crippen LogP contribution in [0, 0.1) is 0 Å². The molecule has 2 aliphatic rings. The van der Waals surface area contributed by atoms with E-state index in [1.54, 1.807) is 18.2 Å². The number of carbonyl (C=O) groups is 1. The van der Waals surface area contributed by atoms with Gasteiger partial charge in [-0.05, 0) is 44.9 Å². The van der Waals surface area contributed by atoms with E-state index < -0.39 is 0 Å². The summed E-state index contributed by atoms with van der Waals surface area (Å²) < 4.78 is 0. The monoisotopic (exact) mass is 289 g/mol. The van der Waals surface area contributed by atoms with E-state index in [0.29, 0.717) is 12.1 Å². The Balaban J connectivity index is 1.69. The summed E-state index contributed by atoms with van der Waals surface area (Å²) in [5, 5.41) is 13.0. The molecule has 4 N–H and O–H groups in total. The smallest absolute Gasteiger partial charge is 0.255 e. The molecule has 1 amide bonds. The number of nitrogens with zero attached hydrogens (tertiary/aromatic N) is 1. The number of phenols is 1. The van der Waals surface area contributed by atoms with E-state index in [1.165, 1.54) is 19.3 Å². The number of phenolic OH excluding ortho intramolecular Hbond substituents is 1. The standard InChI is InChI=1S/C16H23N3O2/c1-19-11-4-2-5-12(19)9-10(8-11)18-16(21)13-6-3-7-14(17)15(13)20/h3,6-7,10-12,20H,2,4-5,8-9,17H2,1H3,(H,18,21). The van der Waals surface area contributed by atoms with E-state index in [-0.39, 0.29) is 28.9 Å². The Hall–Kier alpha value is -1.75. The van der Waals surface area contributed by atoms with Gasteiger partial charge < -0.3 is 21.1 Å². The van der Waals surface area contributed by atoms with Crippen molar-refractivity contribution in [3.8, 4) is 5.75 Å². The molecule has 0 aliphatic carbocycles. The molecule has 1 aromatic carbocycles. The number of amides is 1. The zero-order chi connectivity index (χ0) is 15.0. The highest BCUT2D eigenvalue weighted by Gasteiger charge is 2.36. The molecule has 2 aliphatic heterocycles. The lowest BCUT2D eigenvalue weighted by Gasteiger charge is -2.47. The van der Waals surface area contributed by atoms with Crippen LogP contribution in [-0.4, -0.2) is 41.1 Å². The fourth-order valence-electron chi connectivity index (χ4n) is 3.74. The molecule has 2 bridgehead atoms. The number of fused-ring (bicyclic) bond motifs is 2. The van der Waals surface area contributed by atoms with Crippen LogP contribution >= 0.6 is 0 Å². The topological polar surface area (TPSA) is 78.6 Å². The first-order chi connectivity index (χ1) is 10.1. The summed E-state index contributed by atoms with van der Waals surface area (Å²) in [5.41, 5.74) is 6.15. The van der Waals surface area contributed by atoms with Crippen LogP contribution in [0.4, 0.5) is 5.69 Å². The molecule has 5 heteroatoms. The predicted molar refractivity (Wildman–Crippen MR) is 82.2 cm³/mol. The summed E-state index contributed by atoms with van der Waals surface area (Å²) in [6, 6.07) is 6.20. The molecule has 2 saturated heterocycles. The zero-order valence-electron chi connectivity index (χ0n) is 12.4. The highest BCUT2D eigenvalue weighted by Crippen LogP contribution is 2.33. The van der Waals surface area contributed by atoms with Crippen molar-refractivity contribution in [1.29, 1.82) is 0 Å². The van der Waals surface area contributed by atoms with Gasteiger partial charge in [0, 0.05) is 18.1 Å². The lowest BCUT2D eigenvalue weighted by Crippen LogP contribution is -2.55. The summed E-state index contributed by atoms with van der Waals surface area (Å²) >= 11 is 0. The van der Waals surface area contributed by atoms with Gasteiger partial charge in [0.05, 0.1) is 11.3 Å². The number of anilines is 1. The van der Waals surface area contributed by atoms with Gasteiger partial charge in [-0.3, -0.25) is 4.79 Å². The third kappa shape index (κ3) is 2.70. The van der Waals surface area contributed by atoms with E-state index in [0.717, 1.165) is 12.8 Å². The molecule has 2 atom stereocenters. The third-order valence-corrected chi connectivity index (χ3v) is 4.99. The van der Waals surface area contributed by atoms with Gasteiger partial charge >= 0.3 is 0 Å². The summed E-state index contributed by atoms with van der Waals surface area (Å²) in [6.45, 7) is 0. The third-order valence-electron chi connectivity index (χ3n) is 4.99. The van der Waals surface area contributed by atoms with Gasteiger partial charge in [0.15, 0.2) is 5.75 Å². The maximum atomic E-state index is 12.3. The van der Waals surface area contributed by atoms with Gasteiger partial charge in [-0.2, -0.15) is 0 Å². The largest absolute Gasteiger partial charge is 0.505 e. The average Bonchev–Trinajstić information content (AvgIpc) is 2.43. The molecule has 0 spiro atoms. The first kappa shape index (κ1) is 14.2. The molecule has 1 aromatic rings. The van der Waals surface area contributed by atoms with E-state index in [9.17, 15) is 9.90 Å². The van der Waals surface area contributed by atoms with Crippen molar-refractivity contribution in [2.24, 2.45) is 0 Å². The quantitative estimate of drug-likeness (QED) is 0.572. The molecule has 3 rings (SSSR count). The van der Waals surface area contributed by atoms with E-state index in [1.807, 2.05) is 0 Å². The SMILES string of the molecule is CN1C2CCCC1CC(NC(=O)c1cccc(N)c1O)C2. The van der Waals surface area contributed by atoms with Gasteiger partial charge in [0.25, 0.3) is 5.91 Å². The Labute approximate surface area is 125 Å². The van der Waals surface area contributed by atoms with Crippen LogP contribution in [0.2, 0.25) is 0 Å². The Kier molecular flexibility index (Phi) is 3.76. The van der Waals surface area contributed by atoms with Crippen LogP contribution in [0.1, 0.15) is 42.5 Å². The lowest BCUT2D eigenvalue weighted by molar-refractivity contribution is 0.0462. The molecule has 2 unspecified atom stereocenters. The van der Waals surface area contributed by atoms with Gasteiger partial charge in [-0.25, -0.2) is 0 Å². The Morgan fingerprint density at radius 2 is 2.00 bits per heavy atom. The number of nitrogens with two attached hydrogens (primary N) is 1. The Morgan fingerprint density at radius 3 is 2.67 bits per heavy atom. The fraction of sp³-hybridized carbons (Fsp3) is 0.562. The number of carbonyl (C=O) groups excluding carboxylic acids is 1. The molecule has 5 nitrogen and oxygen atoms in total. The molecular weight excluding hydrogens is 266 g/mol. The molecule has 0 saturated carbocycles. The number of para-hydroxylation sites is 1. The van der Waals surface area contributed by atoms with Gasteiger partial charge in [-0.1, -0.05) is 12.5 Å². The number of rotatable bonds is 2. The molecule has 114 valence electrons. The van der Waals surface area contributed by atoms with Gasteiger partial charge in [-0.15, -0.1) is 0 Å². The number of hydrogen-bond acceptors (Lipinski definition) is 4. The second kappa shape index (κ2) is 5.56. The van der Waals surface area contributed by atoms with E-state index in [4.69, 9.17) is 5.73 Å². The summed E-state index contributed by atoms with van der Waals surface area (Å²) in [5.74, 6) is -0.351. The summed E-state index contributed by atoms with van der Waals surface area (Å²) in [7, 11) is 2.19. The minimum Gasteiger partial charge on any atom is -0.505 e. The van der Waals surface area contributed by atoms with Crippen LogP contribution in [0.25, 0.3) is 0 Å². The zero-order valence-corrected chi connectivity index (χ0v) is 12.4. The van der Waals surface area contributed by atoms with Crippen molar-refractivity contribution in [2.75, 3.05) is 12.8 Å². The number of benzene rings is 1. The van der Waals surface area contributed by atoms with Crippen molar-refractivity contribution in [1.82, 2.24) is 10.2 Å². The Morgan fingerprint density at radius 1 is 1.33 bits per heavy atom. The van der Waals surface area contributed by atoms with Crippen molar-refractivity contribution < 1.29 is 9.90 Å². The van der Waals surface area contributed by atoms with Gasteiger partial charge in [0.2, 0.25) is 0 Å². The first-order valence-corrected chi connectivity index (χ1v) is 7.66. The average molecular weight is 289 g/mol. The highest BCUT2D eigenvalue weighted by molar-refractivity contribution is 5.98. The molecule has 2 heterocycles. The maximum absolute atomic E-state index is 12.3. The van der Waals surface area contributed by atoms with Crippen molar-refractivity contribution >= 4 is 11.6 Å². The predicted octanol–water partition coefficient (Wildman–Crippen LogP) is 1.72. The van der Waals surface area contributed by atoms with Crippen LogP contribution in [0.5, 0.6) is 5.75 Å². The van der Waals surface area contributed by atoms with Crippen LogP contribution in [0.3, 0.4) is 0 Å². The van der Waals surface area contributed by atoms with E-state index in [2.05, 4.69) is 17.3 Å². The minimum absolute atomic E-state index is 0.122. The molecule has 21 heavy (non-hydrogen) atoms. The number of hydrogen-bond donors (Lipinski definition) is 3. The second-order valence-corrected chi connectivity index (χ2v) is 6.29. The molecule has 2 fully saturated rings. The van der Waals surface area contributed by atoms with Crippen molar-refractivity contribution in [3.63, 3.8) is 0 Å². The number of nitrogen functional groups attached to an aromatic ring is 1.